The summed E-state index contributed by atoms with van der Waals surface area (Å²) in [4.78, 5) is 2.33. The molecular formula is C13H21N3O3S. The first-order chi connectivity index (χ1) is 9.53. The number of hydrogen-bond acceptors (Lipinski definition) is 5. The number of methoxy groups -OCH3 is 1. The Labute approximate surface area is 120 Å². The van der Waals surface area contributed by atoms with Gasteiger partial charge in [-0.05, 0) is 44.1 Å². The minimum atomic E-state index is -3.60. The van der Waals surface area contributed by atoms with Crippen molar-refractivity contribution >= 4 is 15.7 Å². The van der Waals surface area contributed by atoms with E-state index in [4.69, 9.17) is 10.5 Å². The number of likely N-dealkylation sites (tertiary alicyclic amines) is 1. The van der Waals surface area contributed by atoms with E-state index in [1.807, 2.05) is 0 Å². The van der Waals surface area contributed by atoms with E-state index in [-0.39, 0.29) is 4.90 Å². The number of nitrogen functional groups attached to an aromatic ring is 1. The number of hydrogen-bond donors (Lipinski definition) is 2. The highest BCUT2D eigenvalue weighted by molar-refractivity contribution is 7.89. The minimum Gasteiger partial charge on any atom is -0.495 e. The van der Waals surface area contributed by atoms with E-state index >= 15 is 0 Å². The summed E-state index contributed by atoms with van der Waals surface area (Å²) in [6, 6.07) is 4.59. The molecule has 0 spiro atoms. The quantitative estimate of drug-likeness (QED) is 0.754. The molecule has 0 aliphatic carbocycles. The van der Waals surface area contributed by atoms with Gasteiger partial charge in [-0.15, -0.1) is 0 Å². The summed E-state index contributed by atoms with van der Waals surface area (Å²) < 4.78 is 32.2. The lowest BCUT2D eigenvalue weighted by atomic mass is 10.3. The number of nitrogens with one attached hydrogen (secondary N) is 1. The maximum Gasteiger partial charge on any atom is 0.244 e. The van der Waals surface area contributed by atoms with Crippen molar-refractivity contribution in [2.24, 2.45) is 0 Å². The fraction of sp³-hybridized carbons (Fsp3) is 0.538. The van der Waals surface area contributed by atoms with Crippen LogP contribution in [-0.4, -0.2) is 46.6 Å². The van der Waals surface area contributed by atoms with Crippen molar-refractivity contribution in [1.29, 1.82) is 0 Å². The molecule has 0 saturated carbocycles. The van der Waals surface area contributed by atoms with Crippen LogP contribution < -0.4 is 15.2 Å². The van der Waals surface area contributed by atoms with E-state index in [2.05, 4.69) is 9.62 Å². The van der Waals surface area contributed by atoms with Crippen LogP contribution in [0.3, 0.4) is 0 Å². The lowest BCUT2D eigenvalue weighted by Crippen LogP contribution is -2.33. The van der Waals surface area contributed by atoms with Gasteiger partial charge in [-0.3, -0.25) is 0 Å². The minimum absolute atomic E-state index is 0.0846. The Balaban J connectivity index is 2.03. The molecule has 6 nitrogen and oxygen atoms in total. The predicted molar refractivity (Wildman–Crippen MR) is 78.3 cm³/mol. The molecule has 1 aromatic carbocycles. The highest BCUT2D eigenvalue weighted by Gasteiger charge is 2.20. The summed E-state index contributed by atoms with van der Waals surface area (Å²) >= 11 is 0. The van der Waals surface area contributed by atoms with E-state index in [9.17, 15) is 8.42 Å². The molecule has 0 unspecified atom stereocenters. The second kappa shape index (κ2) is 6.43. The molecule has 1 aliphatic heterocycles. The van der Waals surface area contributed by atoms with Crippen LogP contribution in [0.4, 0.5) is 5.69 Å². The first-order valence-electron chi connectivity index (χ1n) is 6.68. The molecule has 1 saturated heterocycles. The molecule has 1 heterocycles. The zero-order valence-corrected chi connectivity index (χ0v) is 12.4. The molecule has 7 heteroatoms. The van der Waals surface area contributed by atoms with Gasteiger partial charge in [-0.1, -0.05) is 0 Å². The Morgan fingerprint density at radius 3 is 2.70 bits per heavy atom. The Bertz CT molecular complexity index is 554. The second-order valence-corrected chi connectivity index (χ2v) is 6.59. The lowest BCUT2D eigenvalue weighted by Gasteiger charge is -2.16. The number of anilines is 1. The molecule has 0 aromatic heterocycles. The third-order valence-corrected chi connectivity index (χ3v) is 4.88. The SMILES string of the molecule is COc1ccc(N)cc1S(=O)(=O)NCCN1CCCC1. The van der Waals surface area contributed by atoms with Gasteiger partial charge in [-0.25, -0.2) is 13.1 Å². The van der Waals surface area contributed by atoms with Gasteiger partial charge in [0.05, 0.1) is 7.11 Å². The van der Waals surface area contributed by atoms with E-state index in [0.717, 1.165) is 19.6 Å². The van der Waals surface area contributed by atoms with E-state index in [1.54, 1.807) is 12.1 Å². The van der Waals surface area contributed by atoms with Crippen molar-refractivity contribution in [2.45, 2.75) is 17.7 Å². The molecule has 112 valence electrons. The van der Waals surface area contributed by atoms with Crippen molar-refractivity contribution in [3.63, 3.8) is 0 Å². The van der Waals surface area contributed by atoms with E-state index in [1.165, 1.54) is 26.0 Å². The first kappa shape index (κ1) is 15.1. The van der Waals surface area contributed by atoms with Gasteiger partial charge in [0, 0.05) is 18.8 Å². The highest BCUT2D eigenvalue weighted by atomic mass is 32.2. The van der Waals surface area contributed by atoms with Gasteiger partial charge in [0.1, 0.15) is 10.6 Å². The molecule has 1 aromatic rings. The van der Waals surface area contributed by atoms with E-state index < -0.39 is 10.0 Å². The molecule has 0 amide bonds. The summed E-state index contributed by atoms with van der Waals surface area (Å²) in [7, 11) is -2.16. The first-order valence-corrected chi connectivity index (χ1v) is 8.17. The van der Waals surface area contributed by atoms with Crippen LogP contribution in [0.25, 0.3) is 0 Å². The van der Waals surface area contributed by atoms with Crippen molar-refractivity contribution in [3.05, 3.63) is 18.2 Å². The van der Waals surface area contributed by atoms with Gasteiger partial charge in [-0.2, -0.15) is 0 Å². The lowest BCUT2D eigenvalue weighted by molar-refractivity contribution is 0.344. The number of ether oxygens (including phenoxy) is 1. The molecular weight excluding hydrogens is 278 g/mol. The molecule has 3 N–H and O–H groups in total. The number of sulfonamides is 1. The second-order valence-electron chi connectivity index (χ2n) is 4.86. The van der Waals surface area contributed by atoms with Gasteiger partial charge in [0.15, 0.2) is 0 Å². The van der Waals surface area contributed by atoms with Crippen LogP contribution in [-0.2, 0) is 10.0 Å². The van der Waals surface area contributed by atoms with Crippen molar-refractivity contribution < 1.29 is 13.2 Å². The Kier molecular flexibility index (Phi) is 4.85. The summed E-state index contributed by atoms with van der Waals surface area (Å²) in [5.74, 6) is 0.299. The van der Waals surface area contributed by atoms with Crippen LogP contribution in [0, 0.1) is 0 Å². The third-order valence-electron chi connectivity index (χ3n) is 3.40. The smallest absolute Gasteiger partial charge is 0.244 e. The third kappa shape index (κ3) is 3.62. The van der Waals surface area contributed by atoms with Crippen LogP contribution in [0.2, 0.25) is 0 Å². The summed E-state index contributed by atoms with van der Waals surface area (Å²) in [5, 5.41) is 0. The average Bonchev–Trinajstić information content (AvgIpc) is 2.91. The average molecular weight is 299 g/mol. The Hall–Kier alpha value is -1.31. The number of benzene rings is 1. The summed E-state index contributed by atoms with van der Waals surface area (Å²) in [6.07, 6.45) is 2.38. The number of nitrogens with two attached hydrogens (primary N) is 1. The summed E-state index contributed by atoms with van der Waals surface area (Å²) in [5.41, 5.74) is 6.05. The van der Waals surface area contributed by atoms with Gasteiger partial charge in [0.2, 0.25) is 10.0 Å². The molecule has 2 rings (SSSR count). The van der Waals surface area contributed by atoms with Crippen molar-refractivity contribution in [2.75, 3.05) is 39.0 Å². The zero-order valence-electron chi connectivity index (χ0n) is 11.6. The fourth-order valence-corrected chi connectivity index (χ4v) is 3.55. The van der Waals surface area contributed by atoms with E-state index in [0.29, 0.717) is 18.0 Å². The maximum atomic E-state index is 12.3. The monoisotopic (exact) mass is 299 g/mol. The molecule has 1 fully saturated rings. The molecule has 0 bridgehead atoms. The maximum absolute atomic E-state index is 12.3. The number of nitrogens with zero attached hydrogens (tertiary/aromatic N) is 1. The van der Waals surface area contributed by atoms with Crippen molar-refractivity contribution in [1.82, 2.24) is 9.62 Å². The van der Waals surface area contributed by atoms with Crippen LogP contribution in [0.5, 0.6) is 5.75 Å². The number of rotatable bonds is 6. The fourth-order valence-electron chi connectivity index (χ4n) is 2.33. The van der Waals surface area contributed by atoms with Crippen LogP contribution in [0.1, 0.15) is 12.8 Å². The topological polar surface area (TPSA) is 84.7 Å². The summed E-state index contributed by atoms with van der Waals surface area (Å²) in [6.45, 7) is 3.21. The predicted octanol–water partition coefficient (Wildman–Crippen LogP) is 0.651. The normalized spacial score (nSPS) is 16.4. The molecule has 0 radical (unpaired) electrons. The van der Waals surface area contributed by atoms with Gasteiger partial charge in [0.25, 0.3) is 0 Å². The van der Waals surface area contributed by atoms with Crippen molar-refractivity contribution in [3.8, 4) is 5.75 Å². The Morgan fingerprint density at radius 1 is 1.35 bits per heavy atom. The van der Waals surface area contributed by atoms with Gasteiger partial charge >= 0.3 is 0 Å². The standard InChI is InChI=1S/C13H21N3O3S/c1-19-12-5-4-11(14)10-13(12)20(17,18)15-6-9-16-7-2-3-8-16/h4-5,10,15H,2-3,6-9,14H2,1H3. The van der Waals surface area contributed by atoms with Gasteiger partial charge < -0.3 is 15.4 Å². The molecule has 0 atom stereocenters. The van der Waals surface area contributed by atoms with Crippen LogP contribution in [0.15, 0.2) is 23.1 Å². The highest BCUT2D eigenvalue weighted by Crippen LogP contribution is 2.25. The van der Waals surface area contributed by atoms with Crippen LogP contribution >= 0.6 is 0 Å². The largest absolute Gasteiger partial charge is 0.495 e. The molecule has 20 heavy (non-hydrogen) atoms. The molecule has 1 aliphatic rings. The Morgan fingerprint density at radius 2 is 2.05 bits per heavy atom. The zero-order chi connectivity index (χ0) is 14.6.